The summed E-state index contributed by atoms with van der Waals surface area (Å²) in [7, 11) is 1.63. The highest BCUT2D eigenvalue weighted by Gasteiger charge is 2.15. The lowest BCUT2D eigenvalue weighted by Gasteiger charge is -2.06. The van der Waals surface area contributed by atoms with Gasteiger partial charge in [0.25, 0.3) is 5.91 Å². The fraction of sp³-hybridized carbons (Fsp3) is 0.300. The summed E-state index contributed by atoms with van der Waals surface area (Å²) >= 11 is 0. The van der Waals surface area contributed by atoms with E-state index >= 15 is 0 Å². The number of rotatable bonds is 3. The van der Waals surface area contributed by atoms with Crippen LogP contribution >= 0.6 is 0 Å². The molecule has 3 nitrogen and oxygen atoms in total. The molecule has 0 saturated carbocycles. The van der Waals surface area contributed by atoms with Gasteiger partial charge in [-0.3, -0.25) is 4.79 Å². The fourth-order valence-corrected chi connectivity index (χ4v) is 1.20. The van der Waals surface area contributed by atoms with Crippen LogP contribution in [0.25, 0.3) is 0 Å². The average molecular weight is 179 g/mol. The molecule has 0 aliphatic carbocycles. The number of quaternary nitrogens is 1. The highest BCUT2D eigenvalue weighted by atomic mass is 16.2. The minimum atomic E-state index is -0.201. The van der Waals surface area contributed by atoms with Crippen molar-refractivity contribution in [2.24, 2.45) is 0 Å². The van der Waals surface area contributed by atoms with Crippen molar-refractivity contribution in [2.45, 2.75) is 12.5 Å². The van der Waals surface area contributed by atoms with E-state index in [-0.39, 0.29) is 11.9 Å². The monoisotopic (exact) mass is 179 g/mol. The van der Waals surface area contributed by atoms with Gasteiger partial charge in [0.05, 0.1) is 0 Å². The molecule has 70 valence electrons. The molecule has 1 amide bonds. The van der Waals surface area contributed by atoms with Crippen LogP contribution in [-0.2, 0) is 11.2 Å². The molecule has 0 spiro atoms. The third kappa shape index (κ3) is 2.87. The summed E-state index contributed by atoms with van der Waals surface area (Å²) in [5.74, 6) is -0.0103. The van der Waals surface area contributed by atoms with E-state index in [1.165, 1.54) is 0 Å². The lowest BCUT2D eigenvalue weighted by Crippen LogP contribution is -2.68. The van der Waals surface area contributed by atoms with Crippen LogP contribution in [0.2, 0.25) is 0 Å². The lowest BCUT2D eigenvalue weighted by molar-refractivity contribution is -0.403. The van der Waals surface area contributed by atoms with Crippen molar-refractivity contribution in [2.75, 3.05) is 7.05 Å². The second-order valence-electron chi connectivity index (χ2n) is 3.00. The largest absolute Gasteiger partial charge is 0.354 e. The van der Waals surface area contributed by atoms with Crippen molar-refractivity contribution in [3.05, 3.63) is 35.9 Å². The van der Waals surface area contributed by atoms with Crippen molar-refractivity contribution < 1.29 is 10.5 Å². The molecule has 0 fully saturated rings. The third-order valence-electron chi connectivity index (χ3n) is 1.94. The predicted molar refractivity (Wildman–Crippen MR) is 50.9 cm³/mol. The topological polar surface area (TPSA) is 56.7 Å². The van der Waals surface area contributed by atoms with Gasteiger partial charge in [-0.25, -0.2) is 0 Å². The minimum Gasteiger partial charge on any atom is -0.354 e. The maximum absolute atomic E-state index is 11.1. The normalized spacial score (nSPS) is 12.2. The number of benzene rings is 1. The van der Waals surface area contributed by atoms with Crippen LogP contribution in [0.5, 0.6) is 0 Å². The van der Waals surface area contributed by atoms with E-state index < -0.39 is 0 Å². The van der Waals surface area contributed by atoms with E-state index in [4.69, 9.17) is 0 Å². The Morgan fingerprint density at radius 1 is 1.46 bits per heavy atom. The first-order chi connectivity index (χ1) is 6.24. The second-order valence-corrected chi connectivity index (χ2v) is 3.00. The Bertz CT molecular complexity index is 272. The summed E-state index contributed by atoms with van der Waals surface area (Å²) in [4.78, 5) is 11.1. The predicted octanol–water partition coefficient (Wildman–Crippen LogP) is -0.414. The van der Waals surface area contributed by atoms with Gasteiger partial charge in [-0.1, -0.05) is 30.3 Å². The molecule has 1 atom stereocenters. The minimum absolute atomic E-state index is 0.0103. The molecule has 1 rings (SSSR count). The van der Waals surface area contributed by atoms with Crippen molar-refractivity contribution in [3.63, 3.8) is 0 Å². The maximum atomic E-state index is 11.1. The third-order valence-corrected chi connectivity index (χ3v) is 1.94. The Balaban J connectivity index is 2.55. The molecule has 0 bridgehead atoms. The van der Waals surface area contributed by atoms with E-state index in [2.05, 4.69) is 11.1 Å². The zero-order valence-electron chi connectivity index (χ0n) is 7.79. The van der Waals surface area contributed by atoms with E-state index in [0.29, 0.717) is 6.42 Å². The highest BCUT2D eigenvalue weighted by molar-refractivity contribution is 5.80. The average Bonchev–Trinajstić information content (AvgIpc) is 2.18. The maximum Gasteiger partial charge on any atom is 0.278 e. The van der Waals surface area contributed by atoms with Crippen LogP contribution in [0.4, 0.5) is 0 Å². The highest BCUT2D eigenvalue weighted by Crippen LogP contribution is 2.00. The van der Waals surface area contributed by atoms with Crippen LogP contribution in [0.1, 0.15) is 5.56 Å². The van der Waals surface area contributed by atoms with Crippen molar-refractivity contribution in [1.29, 1.82) is 0 Å². The van der Waals surface area contributed by atoms with Gasteiger partial charge in [-0.05, 0) is 5.56 Å². The molecule has 3 heteroatoms. The molecule has 0 saturated heterocycles. The quantitative estimate of drug-likeness (QED) is 0.651. The molecule has 0 aliphatic heterocycles. The van der Waals surface area contributed by atoms with Gasteiger partial charge in [0, 0.05) is 13.5 Å². The molecule has 0 aliphatic rings. The number of hydrogen-bond donors (Lipinski definition) is 2. The SMILES string of the molecule is CNC(=O)[C@@H]([NH3+])Cc1ccccc1. The molecule has 1 aromatic carbocycles. The molecule has 1 aromatic rings. The summed E-state index contributed by atoms with van der Waals surface area (Å²) in [5, 5.41) is 2.58. The van der Waals surface area contributed by atoms with E-state index in [0.717, 1.165) is 5.56 Å². The Labute approximate surface area is 77.9 Å². The number of hydrogen-bond acceptors (Lipinski definition) is 1. The fourth-order valence-electron chi connectivity index (χ4n) is 1.20. The Morgan fingerprint density at radius 3 is 2.62 bits per heavy atom. The molecule has 0 aromatic heterocycles. The lowest BCUT2D eigenvalue weighted by atomic mass is 10.1. The van der Waals surface area contributed by atoms with Gasteiger partial charge in [-0.2, -0.15) is 0 Å². The Morgan fingerprint density at radius 2 is 2.08 bits per heavy atom. The van der Waals surface area contributed by atoms with Crippen molar-refractivity contribution in [3.8, 4) is 0 Å². The Kier molecular flexibility index (Phi) is 3.46. The summed E-state index contributed by atoms with van der Waals surface area (Å²) < 4.78 is 0. The zero-order valence-corrected chi connectivity index (χ0v) is 7.79. The summed E-state index contributed by atoms with van der Waals surface area (Å²) in [6, 6.07) is 9.69. The smallest absolute Gasteiger partial charge is 0.278 e. The molecular formula is C10H15N2O+. The first-order valence-corrected chi connectivity index (χ1v) is 4.32. The van der Waals surface area contributed by atoms with Gasteiger partial charge >= 0.3 is 0 Å². The summed E-state index contributed by atoms with van der Waals surface area (Å²) in [6.45, 7) is 0. The zero-order chi connectivity index (χ0) is 9.68. The molecule has 0 unspecified atom stereocenters. The van der Waals surface area contributed by atoms with E-state index in [9.17, 15) is 4.79 Å². The first-order valence-electron chi connectivity index (χ1n) is 4.32. The van der Waals surface area contributed by atoms with Gasteiger partial charge in [-0.15, -0.1) is 0 Å². The molecular weight excluding hydrogens is 164 g/mol. The summed E-state index contributed by atoms with van der Waals surface area (Å²) in [6.07, 6.45) is 0.695. The van der Waals surface area contributed by atoms with Gasteiger partial charge in [0.15, 0.2) is 6.04 Å². The van der Waals surface area contributed by atoms with Gasteiger partial charge < -0.3 is 11.1 Å². The molecule has 0 heterocycles. The Hall–Kier alpha value is -1.35. The van der Waals surface area contributed by atoms with Crippen LogP contribution in [-0.4, -0.2) is 19.0 Å². The van der Waals surface area contributed by atoms with E-state index in [1.807, 2.05) is 30.3 Å². The standard InChI is InChI=1S/C10H14N2O/c1-12-10(13)9(11)7-8-5-3-2-4-6-8/h2-6,9H,7,11H2,1H3,(H,12,13)/p+1/t9-/m0/s1. The molecule has 0 radical (unpaired) electrons. The number of nitrogens with one attached hydrogen (secondary N) is 1. The number of carbonyl (C=O) groups is 1. The number of likely N-dealkylation sites (N-methyl/N-ethyl adjacent to an activating group) is 1. The molecule has 4 N–H and O–H groups in total. The summed E-state index contributed by atoms with van der Waals surface area (Å²) in [5.41, 5.74) is 4.94. The van der Waals surface area contributed by atoms with E-state index in [1.54, 1.807) is 7.05 Å². The van der Waals surface area contributed by atoms with Crippen molar-refractivity contribution >= 4 is 5.91 Å². The van der Waals surface area contributed by atoms with Gasteiger partial charge in [0.1, 0.15) is 0 Å². The van der Waals surface area contributed by atoms with Crippen LogP contribution in [0, 0.1) is 0 Å². The first kappa shape index (κ1) is 9.74. The van der Waals surface area contributed by atoms with Crippen LogP contribution in [0.15, 0.2) is 30.3 Å². The molecule has 13 heavy (non-hydrogen) atoms. The van der Waals surface area contributed by atoms with Crippen molar-refractivity contribution in [1.82, 2.24) is 5.32 Å². The van der Waals surface area contributed by atoms with Crippen LogP contribution < -0.4 is 11.1 Å². The second kappa shape index (κ2) is 4.62. The number of carbonyl (C=O) groups excluding carboxylic acids is 1. The number of amides is 1. The van der Waals surface area contributed by atoms with Gasteiger partial charge in [0.2, 0.25) is 0 Å². The van der Waals surface area contributed by atoms with Crippen LogP contribution in [0.3, 0.4) is 0 Å².